The topological polar surface area (TPSA) is 65.0 Å². The summed E-state index contributed by atoms with van der Waals surface area (Å²) in [4.78, 5) is 13.6. The van der Waals surface area contributed by atoms with Gasteiger partial charge in [0.25, 0.3) is 0 Å². The number of likely N-dealkylation sites (tertiary alicyclic amines) is 1. The molecule has 0 saturated carbocycles. The summed E-state index contributed by atoms with van der Waals surface area (Å²) in [5.41, 5.74) is 1.01. The lowest BCUT2D eigenvalue weighted by atomic mass is 10.0. The molecule has 28 heavy (non-hydrogen) atoms. The molecule has 0 amide bonds. The minimum Gasteiger partial charge on any atom is -0.381 e. The van der Waals surface area contributed by atoms with Crippen LogP contribution in [0, 0.1) is 5.92 Å². The molecule has 3 heterocycles. The van der Waals surface area contributed by atoms with Crippen LogP contribution in [0.2, 0.25) is 0 Å². The van der Waals surface area contributed by atoms with Gasteiger partial charge in [-0.05, 0) is 37.3 Å². The van der Waals surface area contributed by atoms with Gasteiger partial charge in [0, 0.05) is 53.4 Å². The van der Waals surface area contributed by atoms with E-state index in [-0.39, 0.29) is 24.0 Å². The van der Waals surface area contributed by atoms with Crippen LogP contribution in [0.3, 0.4) is 0 Å². The van der Waals surface area contributed by atoms with Crippen LogP contribution in [0.25, 0.3) is 0 Å². The largest absolute Gasteiger partial charge is 0.381 e. The van der Waals surface area contributed by atoms with E-state index in [1.165, 1.54) is 13.0 Å². The second kappa shape index (κ2) is 11.8. The first-order chi connectivity index (χ1) is 13.1. The van der Waals surface area contributed by atoms with Crippen molar-refractivity contribution in [2.45, 2.75) is 31.8 Å². The molecule has 0 spiro atoms. The highest BCUT2D eigenvalue weighted by Crippen LogP contribution is 2.17. The molecule has 0 aromatic carbocycles. The first-order valence-electron chi connectivity index (χ1n) is 10.0. The van der Waals surface area contributed by atoms with Crippen LogP contribution >= 0.6 is 24.0 Å². The first kappa shape index (κ1) is 23.2. The maximum absolute atomic E-state index is 5.50. The smallest absolute Gasteiger partial charge is 0.191 e. The molecule has 0 radical (unpaired) electrons. The van der Waals surface area contributed by atoms with E-state index in [0.717, 1.165) is 62.5 Å². The van der Waals surface area contributed by atoms with E-state index >= 15 is 0 Å². The Morgan fingerprint density at radius 2 is 2.07 bits per heavy atom. The van der Waals surface area contributed by atoms with Gasteiger partial charge in [0.15, 0.2) is 5.96 Å². The van der Waals surface area contributed by atoms with Crippen LogP contribution in [0.5, 0.6) is 0 Å². The van der Waals surface area contributed by atoms with Gasteiger partial charge >= 0.3 is 0 Å². The predicted molar refractivity (Wildman–Crippen MR) is 126 cm³/mol. The Balaban J connectivity index is 0.00000280. The fourth-order valence-electron chi connectivity index (χ4n) is 3.73. The normalized spacial score (nSPS) is 21.2. The first-order valence-corrected chi connectivity index (χ1v) is 10.0. The highest BCUT2D eigenvalue weighted by atomic mass is 127. The Labute approximate surface area is 186 Å². The van der Waals surface area contributed by atoms with E-state index in [2.05, 4.69) is 25.5 Å². The molecule has 1 aromatic rings. The average molecular weight is 502 g/mol. The van der Waals surface area contributed by atoms with Gasteiger partial charge in [0.2, 0.25) is 0 Å². The van der Waals surface area contributed by atoms with Crippen molar-refractivity contribution in [2.75, 3.05) is 58.9 Å². The Morgan fingerprint density at radius 3 is 2.71 bits per heavy atom. The summed E-state index contributed by atoms with van der Waals surface area (Å²) in [6, 6.07) is 6.58. The van der Waals surface area contributed by atoms with Crippen LogP contribution in [0.15, 0.2) is 23.2 Å². The predicted octanol–water partition coefficient (Wildman–Crippen LogP) is 1.93. The third kappa shape index (κ3) is 7.04. The van der Waals surface area contributed by atoms with Crippen LogP contribution in [-0.4, -0.2) is 75.9 Å². The standard InChI is InChI=1S/C20H34N6O.HI/c1-21-20(22-13-18-5-4-6-19(23-18)25(2)3)24-17-7-10-26(11-8-17)14-16-9-12-27-15-16;/h4-6,16-17H,7-15H2,1-3H3,(H2,21,22,24);1H. The molecule has 3 rings (SSSR count). The summed E-state index contributed by atoms with van der Waals surface area (Å²) in [6.07, 6.45) is 3.53. The van der Waals surface area contributed by atoms with E-state index in [1.807, 2.05) is 44.2 Å². The van der Waals surface area contributed by atoms with Gasteiger partial charge in [0.05, 0.1) is 18.8 Å². The molecule has 2 aliphatic heterocycles. The number of aromatic nitrogens is 1. The number of ether oxygens (including phenoxy) is 1. The zero-order valence-corrected chi connectivity index (χ0v) is 19.7. The molecule has 158 valence electrons. The molecule has 7 nitrogen and oxygen atoms in total. The van der Waals surface area contributed by atoms with E-state index in [0.29, 0.717) is 12.6 Å². The number of rotatable bonds is 6. The van der Waals surface area contributed by atoms with Crippen molar-refractivity contribution in [3.8, 4) is 0 Å². The number of hydrogen-bond donors (Lipinski definition) is 2. The van der Waals surface area contributed by atoms with Gasteiger partial charge < -0.3 is 25.2 Å². The minimum absolute atomic E-state index is 0. The fraction of sp³-hybridized carbons (Fsp3) is 0.700. The van der Waals surface area contributed by atoms with Crippen molar-refractivity contribution in [1.82, 2.24) is 20.5 Å². The second-order valence-electron chi connectivity index (χ2n) is 7.76. The number of piperidine rings is 1. The number of guanidine groups is 1. The molecule has 2 fully saturated rings. The van der Waals surface area contributed by atoms with E-state index in [1.54, 1.807) is 0 Å². The molecule has 1 atom stereocenters. The lowest BCUT2D eigenvalue weighted by molar-refractivity contribution is 0.150. The SMILES string of the molecule is CN=C(NCc1cccc(N(C)C)n1)NC1CCN(CC2CCOC2)CC1.I. The lowest BCUT2D eigenvalue weighted by Crippen LogP contribution is -2.49. The lowest BCUT2D eigenvalue weighted by Gasteiger charge is -2.34. The molecule has 2 saturated heterocycles. The van der Waals surface area contributed by atoms with Crippen LogP contribution in [0.1, 0.15) is 25.0 Å². The molecule has 8 heteroatoms. The average Bonchev–Trinajstić information content (AvgIpc) is 3.19. The molecular weight excluding hydrogens is 467 g/mol. The molecular formula is C20H35IN6O. The zero-order valence-electron chi connectivity index (χ0n) is 17.4. The van der Waals surface area contributed by atoms with Crippen LogP contribution < -0.4 is 15.5 Å². The van der Waals surface area contributed by atoms with Crippen LogP contribution in [0.4, 0.5) is 5.82 Å². The van der Waals surface area contributed by atoms with Gasteiger partial charge in [-0.3, -0.25) is 4.99 Å². The van der Waals surface area contributed by atoms with Crippen molar-refractivity contribution < 1.29 is 4.74 Å². The van der Waals surface area contributed by atoms with Gasteiger partial charge in [-0.2, -0.15) is 0 Å². The van der Waals surface area contributed by atoms with Crippen molar-refractivity contribution in [1.29, 1.82) is 0 Å². The van der Waals surface area contributed by atoms with Gasteiger partial charge in [-0.15, -0.1) is 24.0 Å². The Kier molecular flexibility index (Phi) is 9.73. The number of nitrogens with zero attached hydrogens (tertiary/aromatic N) is 4. The van der Waals surface area contributed by atoms with Gasteiger partial charge in [0.1, 0.15) is 5.82 Å². The highest BCUT2D eigenvalue weighted by Gasteiger charge is 2.24. The quantitative estimate of drug-likeness (QED) is 0.352. The van der Waals surface area contributed by atoms with Crippen molar-refractivity contribution in [3.63, 3.8) is 0 Å². The number of aliphatic imine (C=N–C) groups is 1. The van der Waals surface area contributed by atoms with Crippen molar-refractivity contribution >= 4 is 35.8 Å². The molecule has 0 aliphatic carbocycles. The van der Waals surface area contributed by atoms with E-state index in [9.17, 15) is 0 Å². The maximum Gasteiger partial charge on any atom is 0.191 e. The molecule has 1 unspecified atom stereocenters. The monoisotopic (exact) mass is 502 g/mol. The molecule has 0 bridgehead atoms. The summed E-state index contributed by atoms with van der Waals surface area (Å²) < 4.78 is 5.50. The highest BCUT2D eigenvalue weighted by molar-refractivity contribution is 14.0. The Bertz CT molecular complexity index is 612. The Hall–Kier alpha value is -1.13. The van der Waals surface area contributed by atoms with Crippen LogP contribution in [-0.2, 0) is 11.3 Å². The third-order valence-corrected chi connectivity index (χ3v) is 5.38. The third-order valence-electron chi connectivity index (χ3n) is 5.38. The summed E-state index contributed by atoms with van der Waals surface area (Å²) >= 11 is 0. The van der Waals surface area contributed by atoms with Crippen molar-refractivity contribution in [3.05, 3.63) is 23.9 Å². The number of nitrogens with one attached hydrogen (secondary N) is 2. The number of hydrogen-bond acceptors (Lipinski definition) is 5. The minimum atomic E-state index is 0. The van der Waals surface area contributed by atoms with Gasteiger partial charge in [-0.1, -0.05) is 6.07 Å². The molecule has 2 N–H and O–H groups in total. The molecule has 1 aromatic heterocycles. The summed E-state index contributed by atoms with van der Waals surface area (Å²) in [6.45, 7) is 6.04. The van der Waals surface area contributed by atoms with Crippen molar-refractivity contribution in [2.24, 2.45) is 10.9 Å². The molecule has 2 aliphatic rings. The number of pyridine rings is 1. The summed E-state index contributed by atoms with van der Waals surface area (Å²) in [5, 5.41) is 6.97. The number of halogens is 1. The Morgan fingerprint density at radius 1 is 1.29 bits per heavy atom. The maximum atomic E-state index is 5.50. The second-order valence-corrected chi connectivity index (χ2v) is 7.76. The summed E-state index contributed by atoms with van der Waals surface area (Å²) in [5.74, 6) is 2.56. The zero-order chi connectivity index (χ0) is 19.1. The number of anilines is 1. The van der Waals surface area contributed by atoms with Gasteiger partial charge in [-0.25, -0.2) is 4.98 Å². The van der Waals surface area contributed by atoms with E-state index in [4.69, 9.17) is 4.74 Å². The summed E-state index contributed by atoms with van der Waals surface area (Å²) in [7, 11) is 5.84. The van der Waals surface area contributed by atoms with E-state index < -0.39 is 0 Å². The fourth-order valence-corrected chi connectivity index (χ4v) is 3.73.